The maximum absolute atomic E-state index is 12.3. The van der Waals surface area contributed by atoms with Gasteiger partial charge in [-0.1, -0.05) is 13.8 Å². The molecule has 1 aliphatic heterocycles. The van der Waals surface area contributed by atoms with E-state index >= 15 is 0 Å². The number of anilines is 1. The molecule has 144 valence electrons. The average molecular weight is 399 g/mol. The molecule has 0 saturated carbocycles. The molecule has 0 bridgehead atoms. The lowest BCUT2D eigenvalue weighted by molar-refractivity contribution is 0.0943. The fourth-order valence-corrected chi connectivity index (χ4v) is 4.37. The van der Waals surface area contributed by atoms with Crippen LogP contribution in [0.1, 0.15) is 43.1 Å². The number of rotatable bonds is 5. The van der Waals surface area contributed by atoms with Crippen LogP contribution in [0.25, 0.3) is 0 Å². The number of benzene rings is 1. The first-order valence-electron chi connectivity index (χ1n) is 8.56. The topological polar surface area (TPSA) is 90.5 Å². The standard InChI is InChI=1S/C17H26N4O3S2/c1-11(2)7-8-18-17(25)20-19-16(22)13-5-6-15-14(10-13)9-12(3)21(15)26(4,23)24/h5-6,10-12H,7-9H2,1-4H3,(H,19,22)(H2,18,20,25)/t12-/m1/s1. The van der Waals surface area contributed by atoms with Gasteiger partial charge in [-0.15, -0.1) is 0 Å². The van der Waals surface area contributed by atoms with E-state index < -0.39 is 10.0 Å². The van der Waals surface area contributed by atoms with Crippen molar-refractivity contribution in [3.05, 3.63) is 29.3 Å². The molecule has 0 radical (unpaired) electrons. The number of nitrogens with one attached hydrogen (secondary N) is 3. The third-order valence-corrected chi connectivity index (χ3v) is 5.67. The number of sulfonamides is 1. The molecule has 0 spiro atoms. The zero-order valence-corrected chi connectivity index (χ0v) is 17.1. The van der Waals surface area contributed by atoms with Gasteiger partial charge in [-0.25, -0.2) is 8.42 Å². The molecule has 9 heteroatoms. The van der Waals surface area contributed by atoms with E-state index in [0.29, 0.717) is 28.7 Å². The van der Waals surface area contributed by atoms with Crippen LogP contribution in [0, 0.1) is 5.92 Å². The van der Waals surface area contributed by atoms with Gasteiger partial charge in [-0.3, -0.25) is 20.0 Å². The largest absolute Gasteiger partial charge is 0.361 e. The Balaban J connectivity index is 1.98. The maximum Gasteiger partial charge on any atom is 0.269 e. The summed E-state index contributed by atoms with van der Waals surface area (Å²) < 4.78 is 25.3. The monoisotopic (exact) mass is 398 g/mol. The molecule has 26 heavy (non-hydrogen) atoms. The van der Waals surface area contributed by atoms with Gasteiger partial charge in [0.2, 0.25) is 10.0 Å². The molecule has 1 aliphatic rings. The van der Waals surface area contributed by atoms with Crippen molar-refractivity contribution in [2.75, 3.05) is 17.1 Å². The van der Waals surface area contributed by atoms with Crippen LogP contribution in [0.2, 0.25) is 0 Å². The molecule has 1 heterocycles. The van der Waals surface area contributed by atoms with Gasteiger partial charge in [0.05, 0.1) is 11.9 Å². The predicted molar refractivity (Wildman–Crippen MR) is 108 cm³/mol. The van der Waals surface area contributed by atoms with Crippen LogP contribution in [0.3, 0.4) is 0 Å². The maximum atomic E-state index is 12.3. The molecule has 3 N–H and O–H groups in total. The lowest BCUT2D eigenvalue weighted by atomic mass is 10.1. The van der Waals surface area contributed by atoms with Crippen molar-refractivity contribution in [2.45, 2.75) is 39.7 Å². The lowest BCUT2D eigenvalue weighted by Gasteiger charge is -2.21. The van der Waals surface area contributed by atoms with E-state index in [1.165, 1.54) is 10.6 Å². The van der Waals surface area contributed by atoms with E-state index in [0.717, 1.165) is 18.5 Å². The van der Waals surface area contributed by atoms with Crippen molar-refractivity contribution in [3.8, 4) is 0 Å². The first-order chi connectivity index (χ1) is 12.1. The Labute approximate surface area is 160 Å². The molecular weight excluding hydrogens is 372 g/mol. The van der Waals surface area contributed by atoms with Gasteiger partial charge >= 0.3 is 0 Å². The number of nitrogens with zero attached hydrogens (tertiary/aromatic N) is 1. The summed E-state index contributed by atoms with van der Waals surface area (Å²) >= 11 is 5.12. The van der Waals surface area contributed by atoms with Crippen LogP contribution in [0.5, 0.6) is 0 Å². The Morgan fingerprint density at radius 2 is 2.04 bits per heavy atom. The van der Waals surface area contributed by atoms with Gasteiger partial charge in [0.15, 0.2) is 5.11 Å². The van der Waals surface area contributed by atoms with Gasteiger partial charge in [0, 0.05) is 18.2 Å². The number of carbonyl (C=O) groups excluding carboxylic acids is 1. The molecule has 0 saturated heterocycles. The number of hydrazine groups is 1. The fraction of sp³-hybridized carbons (Fsp3) is 0.529. The van der Waals surface area contributed by atoms with Crippen LogP contribution >= 0.6 is 12.2 Å². The number of hydrogen-bond acceptors (Lipinski definition) is 4. The van der Waals surface area contributed by atoms with Crippen molar-refractivity contribution < 1.29 is 13.2 Å². The smallest absolute Gasteiger partial charge is 0.269 e. The van der Waals surface area contributed by atoms with E-state index in [1.54, 1.807) is 18.2 Å². The molecule has 0 fully saturated rings. The van der Waals surface area contributed by atoms with Crippen molar-refractivity contribution in [1.29, 1.82) is 0 Å². The second-order valence-electron chi connectivity index (χ2n) is 6.97. The summed E-state index contributed by atoms with van der Waals surface area (Å²) in [4.78, 5) is 12.3. The first-order valence-corrected chi connectivity index (χ1v) is 10.8. The van der Waals surface area contributed by atoms with Gasteiger partial charge in [0.1, 0.15) is 0 Å². The molecule has 0 aromatic heterocycles. The molecule has 0 aliphatic carbocycles. The first kappa shape index (κ1) is 20.4. The van der Waals surface area contributed by atoms with Crippen molar-refractivity contribution in [2.24, 2.45) is 5.92 Å². The Kier molecular flexibility index (Phi) is 6.46. The Morgan fingerprint density at radius 3 is 2.65 bits per heavy atom. The van der Waals surface area contributed by atoms with E-state index in [2.05, 4.69) is 30.0 Å². The zero-order valence-electron chi connectivity index (χ0n) is 15.5. The Hall–Kier alpha value is -1.87. The van der Waals surface area contributed by atoms with Crippen LogP contribution in [-0.4, -0.2) is 38.3 Å². The second kappa shape index (κ2) is 8.22. The molecule has 1 atom stereocenters. The molecule has 7 nitrogen and oxygen atoms in total. The van der Waals surface area contributed by atoms with Gasteiger partial charge < -0.3 is 5.32 Å². The summed E-state index contributed by atoms with van der Waals surface area (Å²) in [5, 5.41) is 3.38. The summed E-state index contributed by atoms with van der Waals surface area (Å²) in [6.45, 7) is 6.83. The molecular formula is C17H26N4O3S2. The molecule has 1 aromatic rings. The number of carbonyl (C=O) groups is 1. The fourth-order valence-electron chi connectivity index (χ4n) is 2.95. The van der Waals surface area contributed by atoms with E-state index in [9.17, 15) is 13.2 Å². The van der Waals surface area contributed by atoms with Crippen LogP contribution in [0.4, 0.5) is 5.69 Å². The summed E-state index contributed by atoms with van der Waals surface area (Å²) in [6.07, 6.45) is 2.75. The van der Waals surface area contributed by atoms with Gasteiger partial charge in [-0.05, 0) is 61.7 Å². The molecule has 1 amide bonds. The normalized spacial score (nSPS) is 16.3. The highest BCUT2D eigenvalue weighted by atomic mass is 32.2. The number of fused-ring (bicyclic) bond motifs is 1. The SMILES string of the molecule is CC(C)CCNC(=S)NNC(=O)c1ccc2c(c1)C[C@@H](C)N2S(C)(=O)=O. The van der Waals surface area contributed by atoms with Crippen molar-refractivity contribution >= 4 is 38.9 Å². The third-order valence-electron chi connectivity index (χ3n) is 4.15. The van der Waals surface area contributed by atoms with Crippen LogP contribution in [0.15, 0.2) is 18.2 Å². The Bertz CT molecular complexity index is 793. The van der Waals surface area contributed by atoms with Crippen molar-refractivity contribution in [3.63, 3.8) is 0 Å². The average Bonchev–Trinajstić information content (AvgIpc) is 2.86. The Morgan fingerprint density at radius 1 is 1.35 bits per heavy atom. The number of hydrogen-bond donors (Lipinski definition) is 3. The molecule has 0 unspecified atom stereocenters. The minimum Gasteiger partial charge on any atom is -0.361 e. The second-order valence-corrected chi connectivity index (χ2v) is 9.24. The van der Waals surface area contributed by atoms with E-state index in [-0.39, 0.29) is 11.9 Å². The highest BCUT2D eigenvalue weighted by Crippen LogP contribution is 2.34. The summed E-state index contributed by atoms with van der Waals surface area (Å²) in [5.41, 5.74) is 7.16. The van der Waals surface area contributed by atoms with Crippen LogP contribution < -0.4 is 20.5 Å². The molecule has 1 aromatic carbocycles. The minimum atomic E-state index is -3.34. The highest BCUT2D eigenvalue weighted by Gasteiger charge is 2.32. The third kappa shape index (κ3) is 5.07. The van der Waals surface area contributed by atoms with Crippen LogP contribution in [-0.2, 0) is 16.4 Å². The minimum absolute atomic E-state index is 0.158. The zero-order chi connectivity index (χ0) is 19.5. The molecule has 2 rings (SSSR count). The number of thiocarbonyl (C=S) groups is 1. The van der Waals surface area contributed by atoms with Gasteiger partial charge in [-0.2, -0.15) is 0 Å². The summed E-state index contributed by atoms with van der Waals surface area (Å²) in [7, 11) is -3.34. The van der Waals surface area contributed by atoms with E-state index in [4.69, 9.17) is 12.2 Å². The quantitative estimate of drug-likeness (QED) is 0.515. The number of amides is 1. The summed E-state index contributed by atoms with van der Waals surface area (Å²) in [5.74, 6) is 0.242. The van der Waals surface area contributed by atoms with Crippen molar-refractivity contribution in [1.82, 2.24) is 16.2 Å². The van der Waals surface area contributed by atoms with Gasteiger partial charge in [0.25, 0.3) is 5.91 Å². The summed E-state index contributed by atoms with van der Waals surface area (Å²) in [6, 6.07) is 4.85. The predicted octanol–water partition coefficient (Wildman–Crippen LogP) is 1.55. The van der Waals surface area contributed by atoms with E-state index in [1.807, 2.05) is 6.92 Å². The lowest BCUT2D eigenvalue weighted by Crippen LogP contribution is -2.47. The highest BCUT2D eigenvalue weighted by molar-refractivity contribution is 7.92.